The van der Waals surface area contributed by atoms with E-state index in [9.17, 15) is 13.2 Å². The molecule has 0 radical (unpaired) electrons. The smallest absolute Gasteiger partial charge is 0.243 e. The molecule has 8 heteroatoms. The molecule has 0 spiro atoms. The summed E-state index contributed by atoms with van der Waals surface area (Å²) in [5.41, 5.74) is 2.36. The maximum Gasteiger partial charge on any atom is 0.243 e. The Labute approximate surface area is 194 Å². The molecule has 3 aromatic carbocycles. The number of carbonyl (C=O) groups excluding carboxylic acids is 1. The van der Waals surface area contributed by atoms with E-state index < -0.39 is 15.9 Å². The summed E-state index contributed by atoms with van der Waals surface area (Å²) < 4.78 is 33.4. The fourth-order valence-electron chi connectivity index (χ4n) is 3.76. The number of carbonyl (C=O) groups is 1. The Morgan fingerprint density at radius 2 is 1.48 bits per heavy atom. The number of para-hydroxylation sites is 2. The fourth-order valence-corrected chi connectivity index (χ4v) is 5.17. The second-order valence-electron chi connectivity index (χ2n) is 7.74. The van der Waals surface area contributed by atoms with Gasteiger partial charge >= 0.3 is 0 Å². The molecule has 1 saturated heterocycles. The van der Waals surface area contributed by atoms with Crippen LogP contribution in [0.15, 0.2) is 89.8 Å². The topological polar surface area (TPSA) is 79.0 Å². The lowest BCUT2D eigenvalue weighted by molar-refractivity contribution is -0.116. The van der Waals surface area contributed by atoms with E-state index in [1.165, 1.54) is 4.31 Å². The van der Waals surface area contributed by atoms with Crippen molar-refractivity contribution in [3.05, 3.63) is 90.5 Å². The van der Waals surface area contributed by atoms with Crippen LogP contribution in [0.3, 0.4) is 0 Å². The van der Waals surface area contributed by atoms with Crippen LogP contribution in [0.1, 0.15) is 5.56 Å². The highest BCUT2D eigenvalue weighted by Gasteiger charge is 2.27. The molecule has 4 rings (SSSR count). The number of hydrogen-bond donors (Lipinski definition) is 1. The van der Waals surface area contributed by atoms with Crippen LogP contribution in [0, 0.1) is 0 Å². The lowest BCUT2D eigenvalue weighted by Gasteiger charge is -2.30. The normalized spacial score (nSPS) is 14.3. The number of ether oxygens (including phenoxy) is 1. The number of amides is 1. The number of morpholine rings is 1. The highest BCUT2D eigenvalue weighted by Crippen LogP contribution is 2.26. The first kappa shape index (κ1) is 23.0. The molecule has 1 N–H and O–H groups in total. The van der Waals surface area contributed by atoms with Gasteiger partial charge in [0.25, 0.3) is 0 Å². The van der Waals surface area contributed by atoms with Gasteiger partial charge in [-0.1, -0.05) is 60.7 Å². The molecule has 0 atom stereocenters. The van der Waals surface area contributed by atoms with Crippen LogP contribution in [0.25, 0.3) is 0 Å². The Kier molecular flexibility index (Phi) is 7.39. The van der Waals surface area contributed by atoms with E-state index in [0.717, 1.165) is 24.3 Å². The van der Waals surface area contributed by atoms with E-state index in [1.807, 2.05) is 54.6 Å². The van der Waals surface area contributed by atoms with E-state index in [0.29, 0.717) is 18.9 Å². The van der Waals surface area contributed by atoms with Gasteiger partial charge in [-0.05, 0) is 29.8 Å². The first-order valence-corrected chi connectivity index (χ1v) is 12.3. The molecule has 172 valence electrons. The van der Waals surface area contributed by atoms with Crippen LogP contribution in [0.2, 0.25) is 0 Å². The summed E-state index contributed by atoms with van der Waals surface area (Å²) in [4.78, 5) is 15.4. The highest BCUT2D eigenvalue weighted by molar-refractivity contribution is 7.89. The molecule has 1 heterocycles. The third-order valence-electron chi connectivity index (χ3n) is 5.43. The molecule has 1 aliphatic rings. The maximum atomic E-state index is 13.4. The van der Waals surface area contributed by atoms with Crippen molar-refractivity contribution in [2.45, 2.75) is 11.4 Å². The molecule has 1 amide bonds. The number of nitrogens with one attached hydrogen (secondary N) is 1. The molecular formula is C25H27N3O4S. The molecule has 7 nitrogen and oxygen atoms in total. The molecule has 33 heavy (non-hydrogen) atoms. The molecule has 3 aromatic rings. The first-order valence-electron chi connectivity index (χ1n) is 10.8. The molecule has 0 aromatic heterocycles. The minimum Gasteiger partial charge on any atom is -0.378 e. The second kappa shape index (κ2) is 10.6. The van der Waals surface area contributed by atoms with Gasteiger partial charge in [0, 0.05) is 19.6 Å². The van der Waals surface area contributed by atoms with Gasteiger partial charge < -0.3 is 15.0 Å². The average Bonchev–Trinajstić information content (AvgIpc) is 2.86. The number of benzene rings is 3. The standard InChI is InChI=1S/C25H27N3O4S/c29-25(26-23-13-7-8-14-24(23)27-15-17-32-18-16-27)20-28(19-21-9-3-1-4-10-21)33(30,31)22-11-5-2-6-12-22/h1-14H,15-20H2,(H,26,29). The number of hydrogen-bond acceptors (Lipinski definition) is 5. The van der Waals surface area contributed by atoms with Gasteiger partial charge in [0.05, 0.1) is 36.0 Å². The predicted molar refractivity (Wildman–Crippen MR) is 129 cm³/mol. The van der Waals surface area contributed by atoms with Gasteiger partial charge in [-0.25, -0.2) is 8.42 Å². The van der Waals surface area contributed by atoms with Crippen molar-refractivity contribution in [1.29, 1.82) is 0 Å². The summed E-state index contributed by atoms with van der Waals surface area (Å²) in [6.45, 7) is 2.51. The third kappa shape index (κ3) is 5.78. The van der Waals surface area contributed by atoms with Gasteiger partial charge in [-0.3, -0.25) is 4.79 Å². The van der Waals surface area contributed by atoms with Crippen LogP contribution in [0.5, 0.6) is 0 Å². The molecular weight excluding hydrogens is 438 g/mol. The van der Waals surface area contributed by atoms with Crippen LogP contribution >= 0.6 is 0 Å². The Morgan fingerprint density at radius 1 is 0.879 bits per heavy atom. The van der Waals surface area contributed by atoms with Gasteiger partial charge in [0.1, 0.15) is 0 Å². The van der Waals surface area contributed by atoms with E-state index in [2.05, 4.69) is 10.2 Å². The molecule has 0 aliphatic carbocycles. The quantitative estimate of drug-likeness (QED) is 0.552. The number of rotatable bonds is 8. The molecule has 1 aliphatic heterocycles. The van der Waals surface area contributed by atoms with E-state index in [1.54, 1.807) is 30.3 Å². The molecule has 0 saturated carbocycles. The van der Waals surface area contributed by atoms with Gasteiger partial charge in [-0.2, -0.15) is 4.31 Å². The second-order valence-corrected chi connectivity index (χ2v) is 9.67. The lowest BCUT2D eigenvalue weighted by atomic mass is 10.2. The summed E-state index contributed by atoms with van der Waals surface area (Å²) in [5.74, 6) is -0.397. The summed E-state index contributed by atoms with van der Waals surface area (Å²) >= 11 is 0. The molecule has 0 unspecified atom stereocenters. The SMILES string of the molecule is O=C(CN(Cc1ccccc1)S(=O)(=O)c1ccccc1)Nc1ccccc1N1CCOCC1. The van der Waals surface area contributed by atoms with E-state index in [-0.39, 0.29) is 18.0 Å². The molecule has 1 fully saturated rings. The van der Waals surface area contributed by atoms with Crippen molar-refractivity contribution >= 4 is 27.3 Å². The Balaban J connectivity index is 1.56. The fraction of sp³-hybridized carbons (Fsp3) is 0.240. The maximum absolute atomic E-state index is 13.4. The number of sulfonamides is 1. The monoisotopic (exact) mass is 465 g/mol. The van der Waals surface area contributed by atoms with Crippen molar-refractivity contribution in [2.75, 3.05) is 43.1 Å². The predicted octanol–water partition coefficient (Wildman–Crippen LogP) is 3.35. The highest BCUT2D eigenvalue weighted by atomic mass is 32.2. The van der Waals surface area contributed by atoms with Crippen LogP contribution in [-0.2, 0) is 26.1 Å². The van der Waals surface area contributed by atoms with Gasteiger partial charge in [-0.15, -0.1) is 0 Å². The van der Waals surface area contributed by atoms with Crippen LogP contribution in [0.4, 0.5) is 11.4 Å². The summed E-state index contributed by atoms with van der Waals surface area (Å²) in [6.07, 6.45) is 0. The zero-order valence-electron chi connectivity index (χ0n) is 18.3. The van der Waals surface area contributed by atoms with Gasteiger partial charge in [0.2, 0.25) is 15.9 Å². The summed E-state index contributed by atoms with van der Waals surface area (Å²) in [7, 11) is -3.87. The number of nitrogens with zero attached hydrogens (tertiary/aromatic N) is 2. The Bertz CT molecular complexity index is 1160. The molecule has 0 bridgehead atoms. The van der Waals surface area contributed by atoms with E-state index in [4.69, 9.17) is 4.74 Å². The van der Waals surface area contributed by atoms with Crippen LogP contribution in [-0.4, -0.2) is 51.5 Å². The van der Waals surface area contributed by atoms with Crippen molar-refractivity contribution in [1.82, 2.24) is 4.31 Å². The van der Waals surface area contributed by atoms with Crippen molar-refractivity contribution in [2.24, 2.45) is 0 Å². The Morgan fingerprint density at radius 3 is 2.18 bits per heavy atom. The Hall–Kier alpha value is -3.20. The van der Waals surface area contributed by atoms with Crippen molar-refractivity contribution in [3.63, 3.8) is 0 Å². The lowest BCUT2D eigenvalue weighted by Crippen LogP contribution is -2.39. The largest absolute Gasteiger partial charge is 0.378 e. The van der Waals surface area contributed by atoms with Crippen molar-refractivity contribution < 1.29 is 17.9 Å². The number of anilines is 2. The summed E-state index contributed by atoms with van der Waals surface area (Å²) in [6, 6.07) is 25.0. The minimum atomic E-state index is -3.87. The zero-order chi connectivity index (χ0) is 23.1. The first-order chi connectivity index (χ1) is 16.0. The average molecular weight is 466 g/mol. The summed E-state index contributed by atoms with van der Waals surface area (Å²) in [5, 5.41) is 2.92. The zero-order valence-corrected chi connectivity index (χ0v) is 19.1. The van der Waals surface area contributed by atoms with Gasteiger partial charge in [0.15, 0.2) is 0 Å². The van der Waals surface area contributed by atoms with Crippen LogP contribution < -0.4 is 10.2 Å². The van der Waals surface area contributed by atoms with E-state index >= 15 is 0 Å². The minimum absolute atomic E-state index is 0.0938. The van der Waals surface area contributed by atoms with Crippen molar-refractivity contribution in [3.8, 4) is 0 Å². The third-order valence-corrected chi connectivity index (χ3v) is 7.24.